The Morgan fingerprint density at radius 1 is 0.808 bits per heavy atom. The first-order valence-electron chi connectivity index (χ1n) is 7.85. The number of hydrogen-bond acceptors (Lipinski definition) is 4. The van der Waals surface area contributed by atoms with Gasteiger partial charge < -0.3 is 4.74 Å². The summed E-state index contributed by atoms with van der Waals surface area (Å²) in [6.45, 7) is 2.65. The number of allylic oxidation sites excluding steroid dienone is 3. The molecule has 0 aliphatic carbocycles. The number of esters is 1. The minimum atomic E-state index is -0.449. The lowest BCUT2D eigenvalue weighted by Gasteiger charge is -2.05. The van der Waals surface area contributed by atoms with Crippen LogP contribution in [0.4, 0.5) is 0 Å². The zero-order chi connectivity index (χ0) is 19.1. The lowest BCUT2D eigenvalue weighted by molar-refractivity contribution is -0.119. The van der Waals surface area contributed by atoms with E-state index in [0.29, 0.717) is 21.9 Å². The molecule has 5 heteroatoms. The lowest BCUT2D eigenvalue weighted by atomic mass is 10.1. The molecule has 0 aliphatic heterocycles. The van der Waals surface area contributed by atoms with E-state index < -0.39 is 5.97 Å². The number of benzene rings is 2. The molecule has 0 fully saturated rings. The van der Waals surface area contributed by atoms with Gasteiger partial charge in [-0.2, -0.15) is 0 Å². The van der Waals surface area contributed by atoms with Crippen molar-refractivity contribution in [2.75, 3.05) is 0 Å². The molecule has 0 heterocycles. The van der Waals surface area contributed by atoms with Gasteiger partial charge in [0.2, 0.25) is 0 Å². The van der Waals surface area contributed by atoms with Crippen LogP contribution < -0.4 is 4.74 Å². The van der Waals surface area contributed by atoms with E-state index in [-0.39, 0.29) is 17.1 Å². The maximum Gasteiger partial charge on any atom is 0.343 e. The second-order valence-corrected chi connectivity index (χ2v) is 5.89. The molecule has 0 saturated heterocycles. The van der Waals surface area contributed by atoms with Crippen LogP contribution in [-0.4, -0.2) is 17.5 Å². The molecule has 2 rings (SSSR count). The summed E-state index contributed by atoms with van der Waals surface area (Å²) in [5.41, 5.74) is 1.20. The van der Waals surface area contributed by atoms with Gasteiger partial charge in [0.1, 0.15) is 5.75 Å². The van der Waals surface area contributed by atoms with Gasteiger partial charge in [-0.1, -0.05) is 29.8 Å². The molecule has 0 N–H and O–H groups in total. The Bertz CT molecular complexity index is 862. The van der Waals surface area contributed by atoms with Gasteiger partial charge in [-0.3, -0.25) is 9.59 Å². The highest BCUT2D eigenvalue weighted by atomic mass is 35.5. The van der Waals surface area contributed by atoms with Crippen molar-refractivity contribution in [3.8, 4) is 5.75 Å². The van der Waals surface area contributed by atoms with Crippen molar-refractivity contribution in [1.82, 2.24) is 0 Å². The summed E-state index contributed by atoms with van der Waals surface area (Å²) >= 11 is 6.20. The number of carbonyl (C=O) groups is 3. The molecule has 26 heavy (non-hydrogen) atoms. The summed E-state index contributed by atoms with van der Waals surface area (Å²) in [4.78, 5) is 34.8. The van der Waals surface area contributed by atoms with E-state index in [1.165, 1.54) is 26.0 Å². The Morgan fingerprint density at radius 2 is 1.38 bits per heavy atom. The number of ether oxygens (including phenoxy) is 1. The van der Waals surface area contributed by atoms with Crippen LogP contribution in [0.3, 0.4) is 0 Å². The van der Waals surface area contributed by atoms with Crippen molar-refractivity contribution < 1.29 is 19.1 Å². The number of hydrogen-bond donors (Lipinski definition) is 0. The van der Waals surface area contributed by atoms with Gasteiger partial charge in [-0.25, -0.2) is 4.79 Å². The highest BCUT2D eigenvalue weighted by molar-refractivity contribution is 6.49. The number of Topliss-reactive ketones (excluding diaryl/α,β-unsaturated/α-hetero) is 2. The maximum atomic E-state index is 12.0. The quantitative estimate of drug-likeness (QED) is 0.187. The minimum Gasteiger partial charge on any atom is -0.423 e. The Morgan fingerprint density at radius 3 is 1.92 bits per heavy atom. The summed E-state index contributed by atoms with van der Waals surface area (Å²) in [6.07, 6.45) is 2.89. The van der Waals surface area contributed by atoms with E-state index in [4.69, 9.17) is 16.3 Å². The zero-order valence-corrected chi connectivity index (χ0v) is 15.1. The standard InChI is InChI=1S/C21H17ClO4/c1-14(23)19(15(2)24)12-13-20(22)16-8-10-18(11-9-16)26-21(25)17-6-4-3-5-7-17/h3-13H,1-2H3. The van der Waals surface area contributed by atoms with Crippen molar-refractivity contribution in [2.45, 2.75) is 13.8 Å². The Balaban J connectivity index is 2.12. The fraction of sp³-hybridized carbons (Fsp3) is 0.0952. The van der Waals surface area contributed by atoms with Crippen molar-refractivity contribution in [3.05, 3.63) is 83.4 Å². The third kappa shape index (κ3) is 5.26. The number of halogens is 1. The third-order valence-corrected chi connectivity index (χ3v) is 3.85. The van der Waals surface area contributed by atoms with E-state index in [1.807, 2.05) is 6.07 Å². The van der Waals surface area contributed by atoms with Crippen molar-refractivity contribution in [2.24, 2.45) is 0 Å². The predicted octanol–water partition coefficient (Wildman–Crippen LogP) is 4.59. The average Bonchev–Trinajstić information content (AvgIpc) is 2.62. The summed E-state index contributed by atoms with van der Waals surface area (Å²) in [5.74, 6) is -0.700. The summed E-state index contributed by atoms with van der Waals surface area (Å²) in [5, 5.41) is 0.353. The smallest absolute Gasteiger partial charge is 0.343 e. The minimum absolute atomic E-state index is 0.0801. The Kier molecular flexibility index (Phi) is 6.64. The van der Waals surface area contributed by atoms with Crippen LogP contribution in [0.25, 0.3) is 5.03 Å². The van der Waals surface area contributed by atoms with Gasteiger partial charge >= 0.3 is 5.97 Å². The van der Waals surface area contributed by atoms with E-state index in [1.54, 1.807) is 48.5 Å². The normalized spacial score (nSPS) is 10.8. The van der Waals surface area contributed by atoms with E-state index >= 15 is 0 Å². The molecule has 132 valence electrons. The van der Waals surface area contributed by atoms with Crippen molar-refractivity contribution in [1.29, 1.82) is 0 Å². The van der Waals surface area contributed by atoms with Crippen LogP contribution in [0, 0.1) is 0 Å². The van der Waals surface area contributed by atoms with Gasteiger partial charge in [-0.15, -0.1) is 0 Å². The first kappa shape index (κ1) is 19.3. The van der Waals surface area contributed by atoms with Gasteiger partial charge in [0.15, 0.2) is 11.6 Å². The molecule has 2 aromatic rings. The van der Waals surface area contributed by atoms with E-state index in [2.05, 4.69) is 0 Å². The third-order valence-electron chi connectivity index (χ3n) is 3.51. The summed E-state index contributed by atoms with van der Waals surface area (Å²) in [7, 11) is 0. The molecule has 0 atom stereocenters. The largest absolute Gasteiger partial charge is 0.423 e. The van der Waals surface area contributed by atoms with Crippen LogP contribution in [0.1, 0.15) is 29.8 Å². The number of ketones is 2. The highest BCUT2D eigenvalue weighted by Crippen LogP contribution is 2.23. The predicted molar refractivity (Wildman–Crippen MR) is 101 cm³/mol. The summed E-state index contributed by atoms with van der Waals surface area (Å²) < 4.78 is 5.29. The van der Waals surface area contributed by atoms with Crippen molar-refractivity contribution >= 4 is 34.2 Å². The fourth-order valence-corrected chi connectivity index (χ4v) is 2.35. The molecule has 0 amide bonds. The molecule has 0 saturated carbocycles. The van der Waals surface area contributed by atoms with Gasteiger partial charge in [0.25, 0.3) is 0 Å². The monoisotopic (exact) mass is 368 g/mol. The van der Waals surface area contributed by atoms with Crippen LogP contribution in [0.2, 0.25) is 0 Å². The van der Waals surface area contributed by atoms with Crippen LogP contribution >= 0.6 is 11.6 Å². The van der Waals surface area contributed by atoms with E-state index in [9.17, 15) is 14.4 Å². The molecule has 2 aromatic carbocycles. The Hall–Kier alpha value is -2.98. The van der Waals surface area contributed by atoms with Crippen LogP contribution in [0.15, 0.2) is 72.3 Å². The van der Waals surface area contributed by atoms with Gasteiger partial charge in [0, 0.05) is 5.03 Å². The second kappa shape index (κ2) is 8.92. The number of rotatable bonds is 6. The molecule has 0 bridgehead atoms. The maximum absolute atomic E-state index is 12.0. The lowest BCUT2D eigenvalue weighted by Crippen LogP contribution is -2.07. The van der Waals surface area contributed by atoms with E-state index in [0.717, 1.165) is 0 Å². The number of carbonyl (C=O) groups excluding carboxylic acids is 3. The molecule has 4 nitrogen and oxygen atoms in total. The molecule has 0 aliphatic rings. The molecule has 0 radical (unpaired) electrons. The topological polar surface area (TPSA) is 60.4 Å². The highest BCUT2D eigenvalue weighted by Gasteiger charge is 2.09. The second-order valence-electron chi connectivity index (χ2n) is 5.49. The van der Waals surface area contributed by atoms with Crippen molar-refractivity contribution in [3.63, 3.8) is 0 Å². The first-order valence-corrected chi connectivity index (χ1v) is 8.23. The van der Waals surface area contributed by atoms with Gasteiger partial charge in [-0.05, 0) is 68.0 Å². The summed E-state index contributed by atoms with van der Waals surface area (Å²) in [6, 6.07) is 15.3. The molecule has 0 unspecified atom stereocenters. The molecular weight excluding hydrogens is 352 g/mol. The SMILES string of the molecule is CC(=O)C(=CC=C(Cl)c1ccc(OC(=O)c2ccccc2)cc1)C(C)=O. The molecule has 0 spiro atoms. The van der Waals surface area contributed by atoms with Crippen LogP contribution in [-0.2, 0) is 9.59 Å². The average molecular weight is 369 g/mol. The zero-order valence-electron chi connectivity index (χ0n) is 14.4. The van der Waals surface area contributed by atoms with Gasteiger partial charge in [0.05, 0.1) is 11.1 Å². The molecule has 0 aromatic heterocycles. The molecular formula is C21H17ClO4. The van der Waals surface area contributed by atoms with Crippen LogP contribution in [0.5, 0.6) is 5.75 Å². The fourth-order valence-electron chi connectivity index (χ4n) is 2.16. The Labute approximate surface area is 156 Å². The first-order chi connectivity index (χ1) is 12.4.